The monoisotopic (exact) mass is 208 g/mol. The normalized spacial score (nSPS) is 28.9. The molecule has 1 aliphatic heterocycles. The number of carbonyl (C=O) groups is 3. The van der Waals surface area contributed by atoms with Gasteiger partial charge in [0.15, 0.2) is 0 Å². The number of hydrogen-bond donors (Lipinski definition) is 2. The summed E-state index contributed by atoms with van der Waals surface area (Å²) in [4.78, 5) is 34.5. The Balaban J connectivity index is 2.41. The van der Waals surface area contributed by atoms with Gasteiger partial charge in [-0.15, -0.1) is 0 Å². The van der Waals surface area contributed by atoms with Crippen molar-refractivity contribution in [3.63, 3.8) is 0 Å². The Morgan fingerprint density at radius 1 is 1.27 bits per heavy atom. The van der Waals surface area contributed by atoms with Gasteiger partial charge in [0.05, 0.1) is 0 Å². The van der Waals surface area contributed by atoms with Gasteiger partial charge in [-0.1, -0.05) is 19.1 Å². The van der Waals surface area contributed by atoms with E-state index in [2.05, 4.69) is 10.6 Å². The highest BCUT2D eigenvalue weighted by molar-refractivity contribution is 6.19. The van der Waals surface area contributed by atoms with E-state index >= 15 is 0 Å². The van der Waals surface area contributed by atoms with Gasteiger partial charge in [0, 0.05) is 0 Å². The Bertz CT molecular complexity index is 353. The molecule has 4 amide bonds. The predicted octanol–water partition coefficient (Wildman–Crippen LogP) is 0.325. The van der Waals surface area contributed by atoms with Crippen molar-refractivity contribution in [3.05, 3.63) is 12.2 Å². The van der Waals surface area contributed by atoms with Crippen LogP contribution in [0.25, 0.3) is 0 Å². The Labute approximate surface area is 86.9 Å². The van der Waals surface area contributed by atoms with Gasteiger partial charge in [0.25, 0.3) is 0 Å². The van der Waals surface area contributed by atoms with Crippen molar-refractivity contribution >= 4 is 17.8 Å². The van der Waals surface area contributed by atoms with Crippen molar-refractivity contribution in [1.82, 2.24) is 10.6 Å². The number of urea groups is 1. The fourth-order valence-corrected chi connectivity index (χ4v) is 2.21. The third-order valence-corrected chi connectivity index (χ3v) is 3.17. The summed E-state index contributed by atoms with van der Waals surface area (Å²) >= 11 is 0. The van der Waals surface area contributed by atoms with Gasteiger partial charge in [-0.25, -0.2) is 4.79 Å². The van der Waals surface area contributed by atoms with Gasteiger partial charge in [-0.3, -0.25) is 20.2 Å². The average Bonchev–Trinajstić information content (AvgIpc) is 2.16. The van der Waals surface area contributed by atoms with Gasteiger partial charge < -0.3 is 0 Å². The first-order valence-electron chi connectivity index (χ1n) is 4.91. The molecule has 1 heterocycles. The maximum absolute atomic E-state index is 11.8. The largest absolute Gasteiger partial charge is 0.328 e. The third-order valence-electron chi connectivity index (χ3n) is 3.17. The minimum atomic E-state index is -1.09. The molecule has 1 fully saturated rings. The summed E-state index contributed by atoms with van der Waals surface area (Å²) in [6.07, 6.45) is 4.93. The molecule has 80 valence electrons. The SMILES string of the molecule is CC1C=CCCC12C(=O)NC(=O)NC2=O. The van der Waals surface area contributed by atoms with Crippen LogP contribution in [0, 0.1) is 11.3 Å². The summed E-state index contributed by atoms with van der Waals surface area (Å²) in [5.74, 6) is -1.14. The number of allylic oxidation sites excluding steroid dienone is 2. The molecule has 1 saturated heterocycles. The van der Waals surface area contributed by atoms with Crippen molar-refractivity contribution in [3.8, 4) is 0 Å². The molecule has 5 nitrogen and oxygen atoms in total. The summed E-state index contributed by atoms with van der Waals surface area (Å²) < 4.78 is 0. The number of imide groups is 2. The lowest BCUT2D eigenvalue weighted by Gasteiger charge is -2.39. The molecule has 0 saturated carbocycles. The molecule has 2 rings (SSSR count). The van der Waals surface area contributed by atoms with Crippen molar-refractivity contribution in [2.75, 3.05) is 0 Å². The lowest BCUT2D eigenvalue weighted by Crippen LogP contribution is -2.64. The summed E-state index contributed by atoms with van der Waals surface area (Å²) in [6, 6.07) is -0.725. The molecule has 0 radical (unpaired) electrons. The topological polar surface area (TPSA) is 75.3 Å². The van der Waals surface area contributed by atoms with E-state index in [0.717, 1.165) is 0 Å². The minimum absolute atomic E-state index is 0.181. The number of barbiturate groups is 1. The van der Waals surface area contributed by atoms with Crippen LogP contribution in [0.3, 0.4) is 0 Å². The summed E-state index contributed by atoms with van der Waals surface area (Å²) in [5, 5.41) is 4.31. The van der Waals surface area contributed by atoms with E-state index in [-0.39, 0.29) is 5.92 Å². The molecule has 5 heteroatoms. The fourth-order valence-electron chi connectivity index (χ4n) is 2.21. The average molecular weight is 208 g/mol. The van der Waals surface area contributed by atoms with E-state index in [1.807, 2.05) is 19.1 Å². The van der Waals surface area contributed by atoms with E-state index in [4.69, 9.17) is 0 Å². The maximum atomic E-state index is 11.8. The molecule has 2 N–H and O–H groups in total. The van der Waals surface area contributed by atoms with Gasteiger partial charge in [0.1, 0.15) is 5.41 Å². The van der Waals surface area contributed by atoms with Crippen molar-refractivity contribution < 1.29 is 14.4 Å². The molecule has 0 bridgehead atoms. The number of carbonyl (C=O) groups excluding carboxylic acids is 3. The first-order valence-corrected chi connectivity index (χ1v) is 4.91. The van der Waals surface area contributed by atoms with E-state index in [1.54, 1.807) is 0 Å². The smallest absolute Gasteiger partial charge is 0.277 e. The van der Waals surface area contributed by atoms with Crippen LogP contribution in [-0.2, 0) is 9.59 Å². The molecular formula is C10H12N2O3. The van der Waals surface area contributed by atoms with E-state index < -0.39 is 23.3 Å². The van der Waals surface area contributed by atoms with Gasteiger partial charge in [-0.05, 0) is 18.8 Å². The lowest BCUT2D eigenvalue weighted by atomic mass is 9.68. The fraction of sp³-hybridized carbons (Fsp3) is 0.500. The molecule has 0 aromatic rings. The minimum Gasteiger partial charge on any atom is -0.277 e. The van der Waals surface area contributed by atoms with Crippen LogP contribution in [0.1, 0.15) is 19.8 Å². The van der Waals surface area contributed by atoms with Crippen LogP contribution in [0.4, 0.5) is 4.79 Å². The highest BCUT2D eigenvalue weighted by Gasteiger charge is 2.53. The van der Waals surface area contributed by atoms with Crippen molar-refractivity contribution in [1.29, 1.82) is 0 Å². The highest BCUT2D eigenvalue weighted by atomic mass is 16.2. The van der Waals surface area contributed by atoms with Crippen LogP contribution in [0.15, 0.2) is 12.2 Å². The predicted molar refractivity (Wildman–Crippen MR) is 51.7 cm³/mol. The van der Waals surface area contributed by atoms with Gasteiger partial charge >= 0.3 is 6.03 Å². The van der Waals surface area contributed by atoms with Crippen LogP contribution < -0.4 is 10.6 Å². The maximum Gasteiger partial charge on any atom is 0.328 e. The summed E-state index contributed by atoms with van der Waals surface area (Å²) in [5.41, 5.74) is -1.09. The van der Waals surface area contributed by atoms with Crippen LogP contribution in [-0.4, -0.2) is 17.8 Å². The molecule has 0 aromatic heterocycles. The third kappa shape index (κ3) is 1.26. The molecule has 1 unspecified atom stereocenters. The summed E-state index contributed by atoms with van der Waals surface area (Å²) in [7, 11) is 0. The van der Waals surface area contributed by atoms with Crippen LogP contribution in [0.5, 0.6) is 0 Å². The molecule has 2 aliphatic rings. The highest BCUT2D eigenvalue weighted by Crippen LogP contribution is 2.39. The summed E-state index contributed by atoms with van der Waals surface area (Å²) in [6.45, 7) is 1.81. The van der Waals surface area contributed by atoms with Gasteiger partial charge in [0.2, 0.25) is 11.8 Å². The molecular weight excluding hydrogens is 196 g/mol. The second kappa shape index (κ2) is 3.18. The van der Waals surface area contributed by atoms with Crippen LogP contribution in [0.2, 0.25) is 0 Å². The first-order chi connectivity index (χ1) is 7.07. The van der Waals surface area contributed by atoms with Crippen molar-refractivity contribution in [2.24, 2.45) is 11.3 Å². The standard InChI is InChI=1S/C10H12N2O3/c1-6-4-2-3-5-10(6)7(13)11-9(15)12-8(10)14/h2,4,6H,3,5H2,1H3,(H2,11,12,13,14,15). The molecule has 0 aromatic carbocycles. The lowest BCUT2D eigenvalue weighted by molar-refractivity contribution is -0.147. The number of amides is 4. The van der Waals surface area contributed by atoms with Crippen molar-refractivity contribution in [2.45, 2.75) is 19.8 Å². The molecule has 1 spiro atoms. The molecule has 15 heavy (non-hydrogen) atoms. The Morgan fingerprint density at radius 2 is 1.87 bits per heavy atom. The van der Waals surface area contributed by atoms with Gasteiger partial charge in [-0.2, -0.15) is 0 Å². The number of nitrogens with one attached hydrogen (secondary N) is 2. The van der Waals surface area contributed by atoms with E-state index in [0.29, 0.717) is 12.8 Å². The quantitative estimate of drug-likeness (QED) is 0.445. The Hall–Kier alpha value is -1.65. The molecule has 1 atom stereocenters. The number of rotatable bonds is 0. The zero-order valence-electron chi connectivity index (χ0n) is 8.37. The zero-order valence-corrected chi connectivity index (χ0v) is 8.37. The zero-order chi connectivity index (χ0) is 11.1. The number of hydrogen-bond acceptors (Lipinski definition) is 3. The second-order valence-corrected chi connectivity index (χ2v) is 3.96. The first kappa shape index (κ1) is 9.89. The Morgan fingerprint density at radius 3 is 2.40 bits per heavy atom. The van der Waals surface area contributed by atoms with E-state index in [9.17, 15) is 14.4 Å². The van der Waals surface area contributed by atoms with Crippen LogP contribution >= 0.6 is 0 Å². The Kier molecular flexibility index (Phi) is 2.10. The molecule has 1 aliphatic carbocycles. The van der Waals surface area contributed by atoms with E-state index in [1.165, 1.54) is 0 Å². The second-order valence-electron chi connectivity index (χ2n) is 3.96.